The molecule has 2 aromatic rings. The van der Waals surface area contributed by atoms with E-state index in [1.165, 1.54) is 12.1 Å². The molecule has 0 aliphatic carbocycles. The number of amides is 1. The third-order valence-corrected chi connectivity index (χ3v) is 5.53. The molecule has 9 heteroatoms. The van der Waals surface area contributed by atoms with Gasteiger partial charge in [0.15, 0.2) is 0 Å². The lowest BCUT2D eigenvalue weighted by molar-refractivity contribution is -0.138. The Kier molecular flexibility index (Phi) is 6.85. The summed E-state index contributed by atoms with van der Waals surface area (Å²) in [6, 6.07) is 7.04. The minimum Gasteiger partial charge on any atom is -0.355 e. The van der Waals surface area contributed by atoms with E-state index in [2.05, 4.69) is 4.98 Å². The van der Waals surface area contributed by atoms with Crippen molar-refractivity contribution in [1.82, 2.24) is 9.88 Å². The van der Waals surface area contributed by atoms with E-state index >= 15 is 0 Å². The van der Waals surface area contributed by atoms with E-state index in [9.17, 15) is 22.4 Å². The largest absolute Gasteiger partial charge is 0.417 e. The van der Waals surface area contributed by atoms with Crippen LogP contribution in [0.5, 0.6) is 0 Å². The van der Waals surface area contributed by atoms with E-state index in [1.807, 2.05) is 6.92 Å². The first kappa shape index (κ1) is 22.3. The van der Waals surface area contributed by atoms with Crippen LogP contribution in [-0.2, 0) is 17.5 Å². The van der Waals surface area contributed by atoms with Crippen molar-refractivity contribution < 1.29 is 22.4 Å². The SMILES string of the molecule is CCN(Cc1cccc(F)c1)C(=O)C1CCN(c2ncc(C(F)(F)F)cc2Cl)CC1. The van der Waals surface area contributed by atoms with Crippen molar-refractivity contribution in [2.24, 2.45) is 5.92 Å². The van der Waals surface area contributed by atoms with Crippen LogP contribution < -0.4 is 4.90 Å². The smallest absolute Gasteiger partial charge is 0.355 e. The quantitative estimate of drug-likeness (QED) is 0.599. The van der Waals surface area contributed by atoms with E-state index in [0.717, 1.165) is 17.8 Å². The van der Waals surface area contributed by atoms with Crippen molar-refractivity contribution in [3.8, 4) is 0 Å². The highest BCUT2D eigenvalue weighted by molar-refractivity contribution is 6.33. The van der Waals surface area contributed by atoms with Crippen molar-refractivity contribution in [2.45, 2.75) is 32.5 Å². The van der Waals surface area contributed by atoms with Crippen LogP contribution in [-0.4, -0.2) is 35.4 Å². The van der Waals surface area contributed by atoms with Crippen molar-refractivity contribution in [2.75, 3.05) is 24.5 Å². The lowest BCUT2D eigenvalue weighted by Crippen LogP contribution is -2.42. The normalized spacial score (nSPS) is 15.3. The van der Waals surface area contributed by atoms with E-state index in [0.29, 0.717) is 44.8 Å². The number of carbonyl (C=O) groups excluding carboxylic acids is 1. The molecule has 1 aliphatic rings. The summed E-state index contributed by atoms with van der Waals surface area (Å²) in [6.45, 7) is 3.64. The van der Waals surface area contributed by atoms with Crippen LogP contribution >= 0.6 is 11.6 Å². The van der Waals surface area contributed by atoms with E-state index in [4.69, 9.17) is 11.6 Å². The lowest BCUT2D eigenvalue weighted by Gasteiger charge is -2.35. The summed E-state index contributed by atoms with van der Waals surface area (Å²) in [4.78, 5) is 20.3. The molecule has 0 N–H and O–H groups in total. The zero-order valence-electron chi connectivity index (χ0n) is 16.4. The monoisotopic (exact) mass is 443 g/mol. The molecule has 1 fully saturated rings. The van der Waals surface area contributed by atoms with Crippen molar-refractivity contribution in [1.29, 1.82) is 0 Å². The van der Waals surface area contributed by atoms with Gasteiger partial charge in [0.2, 0.25) is 5.91 Å². The van der Waals surface area contributed by atoms with Crippen LogP contribution in [0.25, 0.3) is 0 Å². The predicted molar refractivity (Wildman–Crippen MR) is 107 cm³/mol. The number of benzene rings is 1. The average Bonchev–Trinajstić information content (AvgIpc) is 2.71. The molecule has 1 aromatic heterocycles. The predicted octanol–water partition coefficient (Wildman–Crippen LogP) is 5.16. The molecule has 1 aromatic carbocycles. The molecule has 1 aliphatic heterocycles. The Morgan fingerprint density at radius 1 is 1.27 bits per heavy atom. The van der Waals surface area contributed by atoms with Gasteiger partial charge >= 0.3 is 6.18 Å². The van der Waals surface area contributed by atoms with Crippen LogP contribution in [0.2, 0.25) is 5.02 Å². The number of pyridine rings is 1. The molecule has 0 radical (unpaired) electrons. The summed E-state index contributed by atoms with van der Waals surface area (Å²) in [6.07, 6.45) is -2.65. The van der Waals surface area contributed by atoms with Gasteiger partial charge in [-0.3, -0.25) is 4.79 Å². The lowest BCUT2D eigenvalue weighted by atomic mass is 9.95. The van der Waals surface area contributed by atoms with Crippen LogP contribution in [0.4, 0.5) is 23.4 Å². The van der Waals surface area contributed by atoms with Gasteiger partial charge in [-0.2, -0.15) is 13.2 Å². The highest BCUT2D eigenvalue weighted by atomic mass is 35.5. The molecular weight excluding hydrogens is 422 g/mol. The molecule has 1 saturated heterocycles. The third-order valence-electron chi connectivity index (χ3n) is 5.25. The number of hydrogen-bond acceptors (Lipinski definition) is 3. The number of aromatic nitrogens is 1. The summed E-state index contributed by atoms with van der Waals surface area (Å²) in [7, 11) is 0. The Balaban J connectivity index is 1.62. The summed E-state index contributed by atoms with van der Waals surface area (Å²) in [5, 5.41) is -0.0594. The molecule has 30 heavy (non-hydrogen) atoms. The molecule has 4 nitrogen and oxygen atoms in total. The van der Waals surface area contributed by atoms with Crippen LogP contribution in [0.3, 0.4) is 0 Å². The second-order valence-corrected chi connectivity index (χ2v) is 7.68. The standard InChI is InChI=1S/C21H22ClF4N3O/c1-2-28(13-14-4-3-5-17(23)10-14)20(30)15-6-8-29(9-7-15)19-18(22)11-16(12-27-19)21(24,25)26/h3-5,10-12,15H,2,6-9,13H2,1H3. The number of halogens is 5. The highest BCUT2D eigenvalue weighted by Gasteiger charge is 2.33. The van der Waals surface area contributed by atoms with Crippen LogP contribution in [0, 0.1) is 11.7 Å². The number of anilines is 1. The Hall–Kier alpha value is -2.35. The number of piperidine rings is 1. The van der Waals surface area contributed by atoms with Gasteiger partial charge in [-0.05, 0) is 43.5 Å². The molecule has 0 unspecified atom stereocenters. The minimum absolute atomic E-state index is 0.00659. The summed E-state index contributed by atoms with van der Waals surface area (Å²) in [5.74, 6) is -0.260. The van der Waals surface area contributed by atoms with Gasteiger partial charge in [0.05, 0.1) is 10.6 Å². The fourth-order valence-electron chi connectivity index (χ4n) is 3.62. The zero-order valence-corrected chi connectivity index (χ0v) is 17.2. The Morgan fingerprint density at radius 3 is 2.53 bits per heavy atom. The van der Waals surface area contributed by atoms with Gasteiger partial charge in [-0.15, -0.1) is 0 Å². The molecule has 3 rings (SSSR count). The van der Waals surface area contributed by atoms with E-state index < -0.39 is 11.7 Å². The van der Waals surface area contributed by atoms with E-state index in [1.54, 1.807) is 21.9 Å². The molecule has 0 atom stereocenters. The van der Waals surface area contributed by atoms with Gasteiger partial charge in [-0.25, -0.2) is 9.37 Å². The maximum atomic E-state index is 13.4. The molecule has 162 valence electrons. The second kappa shape index (κ2) is 9.20. The highest BCUT2D eigenvalue weighted by Crippen LogP contribution is 2.34. The number of carbonyl (C=O) groups is 1. The van der Waals surface area contributed by atoms with Gasteiger partial charge in [0, 0.05) is 38.3 Å². The summed E-state index contributed by atoms with van der Waals surface area (Å²) < 4.78 is 51.8. The summed E-state index contributed by atoms with van der Waals surface area (Å²) in [5.41, 5.74) is -0.166. The molecule has 2 heterocycles. The van der Waals surface area contributed by atoms with Crippen LogP contribution in [0.15, 0.2) is 36.5 Å². The first-order chi connectivity index (χ1) is 14.2. The minimum atomic E-state index is -4.50. The van der Waals surface area contributed by atoms with Gasteiger partial charge in [-0.1, -0.05) is 23.7 Å². The Labute approximate surface area is 177 Å². The molecule has 0 bridgehead atoms. The number of nitrogens with zero attached hydrogens (tertiary/aromatic N) is 3. The molecule has 0 spiro atoms. The maximum absolute atomic E-state index is 13.4. The molecule has 0 saturated carbocycles. The Bertz CT molecular complexity index is 898. The fraction of sp³-hybridized carbons (Fsp3) is 0.429. The molecule has 1 amide bonds. The number of hydrogen-bond donors (Lipinski definition) is 0. The van der Waals surface area contributed by atoms with Crippen molar-refractivity contribution >= 4 is 23.3 Å². The first-order valence-corrected chi connectivity index (χ1v) is 10.1. The fourth-order valence-corrected chi connectivity index (χ4v) is 3.90. The van der Waals surface area contributed by atoms with Gasteiger partial charge in [0.25, 0.3) is 0 Å². The Morgan fingerprint density at radius 2 is 1.97 bits per heavy atom. The van der Waals surface area contributed by atoms with Crippen LogP contribution in [0.1, 0.15) is 30.9 Å². The topological polar surface area (TPSA) is 36.4 Å². The van der Waals surface area contributed by atoms with Gasteiger partial charge in [0.1, 0.15) is 11.6 Å². The maximum Gasteiger partial charge on any atom is 0.417 e. The number of rotatable bonds is 5. The zero-order chi connectivity index (χ0) is 21.9. The first-order valence-electron chi connectivity index (χ1n) is 9.70. The van der Waals surface area contributed by atoms with Gasteiger partial charge < -0.3 is 9.80 Å². The molecular formula is C21H22ClF4N3O. The number of alkyl halides is 3. The second-order valence-electron chi connectivity index (χ2n) is 7.27. The van der Waals surface area contributed by atoms with Crippen molar-refractivity contribution in [3.05, 3.63) is 58.5 Å². The third kappa shape index (κ3) is 5.22. The summed E-state index contributed by atoms with van der Waals surface area (Å²) >= 11 is 6.03. The van der Waals surface area contributed by atoms with Crippen molar-refractivity contribution in [3.63, 3.8) is 0 Å². The average molecular weight is 444 g/mol. The van der Waals surface area contributed by atoms with E-state index in [-0.39, 0.29) is 22.7 Å².